The molecule has 1 aromatic carbocycles. The predicted octanol–water partition coefficient (Wildman–Crippen LogP) is 5.72. The maximum Gasteiger partial charge on any atom is 0.229 e. The van der Waals surface area contributed by atoms with Crippen LogP contribution in [-0.4, -0.2) is 16.5 Å². The zero-order valence-electron chi connectivity index (χ0n) is 16.7. The number of thiophene rings is 1. The Bertz CT molecular complexity index is 1010. The Balaban J connectivity index is 1.72. The molecule has 3 heterocycles. The molecule has 0 saturated heterocycles. The maximum absolute atomic E-state index is 13.4. The van der Waals surface area contributed by atoms with Crippen LogP contribution in [0, 0.1) is 19.7 Å². The van der Waals surface area contributed by atoms with Gasteiger partial charge in [0, 0.05) is 22.7 Å². The van der Waals surface area contributed by atoms with Crippen molar-refractivity contribution in [3.05, 3.63) is 62.7 Å². The Morgan fingerprint density at radius 1 is 1.25 bits per heavy atom. The fourth-order valence-electron chi connectivity index (χ4n) is 3.90. The Labute approximate surface area is 169 Å². The number of nitrogens with zero attached hydrogens (tertiary/aromatic N) is 3. The van der Waals surface area contributed by atoms with Gasteiger partial charge in [-0.25, -0.2) is 9.37 Å². The minimum atomic E-state index is -0.239. The molecule has 2 aromatic heterocycles. The molecular weight excluding hydrogens is 371 g/mol. The van der Waals surface area contributed by atoms with Gasteiger partial charge in [0.05, 0.1) is 11.7 Å². The van der Waals surface area contributed by atoms with E-state index < -0.39 is 0 Å². The molecule has 1 atom stereocenters. The summed E-state index contributed by atoms with van der Waals surface area (Å²) in [5.41, 5.74) is 5.28. The molecule has 146 valence electrons. The molecule has 0 fully saturated rings. The second-order valence-corrected chi connectivity index (χ2v) is 8.26. The first-order chi connectivity index (χ1) is 13.5. The zero-order chi connectivity index (χ0) is 19.8. The van der Waals surface area contributed by atoms with Crippen molar-refractivity contribution in [2.75, 3.05) is 16.8 Å². The fourth-order valence-corrected chi connectivity index (χ4v) is 4.93. The van der Waals surface area contributed by atoms with Crippen molar-refractivity contribution < 1.29 is 4.39 Å². The van der Waals surface area contributed by atoms with Crippen LogP contribution in [0.3, 0.4) is 0 Å². The van der Waals surface area contributed by atoms with Crippen LogP contribution in [0.25, 0.3) is 0 Å². The molecule has 4 rings (SSSR count). The number of halogens is 1. The van der Waals surface area contributed by atoms with E-state index in [1.807, 2.05) is 18.3 Å². The minimum Gasteiger partial charge on any atom is -0.348 e. The van der Waals surface area contributed by atoms with E-state index in [9.17, 15) is 4.39 Å². The third-order valence-corrected chi connectivity index (χ3v) is 6.64. The maximum atomic E-state index is 13.4. The van der Waals surface area contributed by atoms with Crippen LogP contribution in [-0.2, 0) is 12.8 Å². The van der Waals surface area contributed by atoms with Crippen molar-refractivity contribution in [3.8, 4) is 0 Å². The van der Waals surface area contributed by atoms with Crippen molar-refractivity contribution in [2.45, 2.75) is 46.6 Å². The summed E-state index contributed by atoms with van der Waals surface area (Å²) in [4.78, 5) is 13.4. The highest BCUT2D eigenvalue weighted by Gasteiger charge is 2.28. The molecule has 1 aliphatic heterocycles. The summed E-state index contributed by atoms with van der Waals surface area (Å²) < 4.78 is 13.4. The van der Waals surface area contributed by atoms with Crippen molar-refractivity contribution in [3.63, 3.8) is 0 Å². The molecule has 0 amide bonds. The van der Waals surface area contributed by atoms with Gasteiger partial charge in [0.1, 0.15) is 11.6 Å². The first-order valence-electron chi connectivity index (χ1n) is 9.71. The Morgan fingerprint density at radius 3 is 2.82 bits per heavy atom. The molecule has 1 unspecified atom stereocenters. The molecule has 6 heteroatoms. The van der Waals surface area contributed by atoms with Gasteiger partial charge >= 0.3 is 0 Å². The van der Waals surface area contributed by atoms with Crippen molar-refractivity contribution >= 4 is 28.8 Å². The van der Waals surface area contributed by atoms with Crippen LogP contribution in [0.5, 0.6) is 0 Å². The van der Waals surface area contributed by atoms with Crippen LogP contribution in [0.4, 0.5) is 21.8 Å². The van der Waals surface area contributed by atoms with Gasteiger partial charge in [0.15, 0.2) is 0 Å². The molecule has 0 spiro atoms. The predicted molar refractivity (Wildman–Crippen MR) is 114 cm³/mol. The van der Waals surface area contributed by atoms with Gasteiger partial charge in [-0.05, 0) is 74.4 Å². The van der Waals surface area contributed by atoms with Gasteiger partial charge in [-0.3, -0.25) is 0 Å². The molecule has 1 aliphatic rings. The molecule has 0 aliphatic carbocycles. The van der Waals surface area contributed by atoms with Gasteiger partial charge in [0.2, 0.25) is 5.95 Å². The van der Waals surface area contributed by atoms with Gasteiger partial charge in [0.25, 0.3) is 0 Å². The molecule has 1 N–H and O–H groups in total. The second-order valence-electron chi connectivity index (χ2n) is 7.31. The number of rotatable bonds is 4. The summed E-state index contributed by atoms with van der Waals surface area (Å²) in [6.45, 7) is 9.30. The quantitative estimate of drug-likeness (QED) is 0.612. The van der Waals surface area contributed by atoms with E-state index >= 15 is 0 Å². The molecular formula is C22H25FN4S. The first-order valence-corrected chi connectivity index (χ1v) is 10.6. The smallest absolute Gasteiger partial charge is 0.229 e. The van der Waals surface area contributed by atoms with Gasteiger partial charge in [-0.1, -0.05) is 6.92 Å². The highest BCUT2D eigenvalue weighted by molar-refractivity contribution is 7.10. The summed E-state index contributed by atoms with van der Waals surface area (Å²) in [7, 11) is 0. The van der Waals surface area contributed by atoms with Crippen LogP contribution < -0.4 is 10.2 Å². The topological polar surface area (TPSA) is 41.1 Å². The van der Waals surface area contributed by atoms with Crippen molar-refractivity contribution in [1.82, 2.24) is 9.97 Å². The van der Waals surface area contributed by atoms with E-state index in [-0.39, 0.29) is 5.82 Å². The van der Waals surface area contributed by atoms with Crippen LogP contribution >= 0.6 is 11.3 Å². The van der Waals surface area contributed by atoms with E-state index in [1.54, 1.807) is 6.07 Å². The number of fused-ring (bicyclic) bond motifs is 1. The van der Waals surface area contributed by atoms with Crippen molar-refractivity contribution in [2.24, 2.45) is 0 Å². The van der Waals surface area contributed by atoms with E-state index in [4.69, 9.17) is 9.97 Å². The Hall–Kier alpha value is -2.47. The number of aryl methyl sites for hydroxylation is 2. The molecule has 4 nitrogen and oxygen atoms in total. The summed E-state index contributed by atoms with van der Waals surface area (Å²) >= 11 is 1.82. The summed E-state index contributed by atoms with van der Waals surface area (Å²) in [5.74, 6) is 1.31. The first kappa shape index (κ1) is 18.9. The van der Waals surface area contributed by atoms with Crippen molar-refractivity contribution in [1.29, 1.82) is 0 Å². The number of hydrogen-bond donors (Lipinski definition) is 1. The van der Waals surface area contributed by atoms with E-state index in [0.717, 1.165) is 47.7 Å². The normalized spacial score (nSPS) is 16.2. The molecule has 0 bridgehead atoms. The largest absolute Gasteiger partial charge is 0.348 e. The van der Waals surface area contributed by atoms with Gasteiger partial charge in [-0.2, -0.15) is 4.98 Å². The van der Waals surface area contributed by atoms with Crippen LogP contribution in [0.15, 0.2) is 29.6 Å². The van der Waals surface area contributed by atoms with Crippen LogP contribution in [0.2, 0.25) is 0 Å². The van der Waals surface area contributed by atoms with E-state index in [2.05, 4.69) is 42.4 Å². The third-order valence-electron chi connectivity index (χ3n) is 5.51. The standard InChI is InChI=1S/C22H25FN4S/c1-5-18-14(3)21(27-10-8-16-9-11-28-20(16)15(27)4)26-22(24-18)25-19-7-6-17(23)12-13(19)2/h6-7,9,11-12,15H,5,8,10H2,1-4H3,(H,24,25,26). The monoisotopic (exact) mass is 396 g/mol. The molecule has 3 aromatic rings. The zero-order valence-corrected chi connectivity index (χ0v) is 17.5. The highest BCUT2D eigenvalue weighted by Crippen LogP contribution is 2.38. The van der Waals surface area contributed by atoms with Gasteiger partial charge in [-0.15, -0.1) is 11.3 Å². The molecule has 0 saturated carbocycles. The summed E-state index contributed by atoms with van der Waals surface area (Å²) in [6, 6.07) is 7.24. The average Bonchev–Trinajstić information content (AvgIpc) is 3.15. The number of nitrogens with one attached hydrogen (secondary N) is 1. The third kappa shape index (κ3) is 3.37. The van der Waals surface area contributed by atoms with Crippen LogP contribution in [0.1, 0.15) is 47.2 Å². The lowest BCUT2D eigenvalue weighted by molar-refractivity contribution is 0.625. The number of anilines is 3. The number of hydrogen-bond acceptors (Lipinski definition) is 5. The lowest BCUT2D eigenvalue weighted by atomic mass is 10.0. The fraction of sp³-hybridized carbons (Fsp3) is 0.364. The minimum absolute atomic E-state index is 0.239. The lowest BCUT2D eigenvalue weighted by Crippen LogP contribution is -2.34. The number of aromatic nitrogens is 2. The summed E-state index contributed by atoms with van der Waals surface area (Å²) in [6.07, 6.45) is 1.87. The molecule has 0 radical (unpaired) electrons. The second kappa shape index (κ2) is 7.51. The highest BCUT2D eigenvalue weighted by atomic mass is 32.1. The Morgan fingerprint density at radius 2 is 2.07 bits per heavy atom. The van der Waals surface area contributed by atoms with E-state index in [0.29, 0.717) is 12.0 Å². The lowest BCUT2D eigenvalue weighted by Gasteiger charge is -2.35. The SMILES string of the molecule is CCc1nc(Nc2ccc(F)cc2C)nc(N2CCc3ccsc3C2C)c1C. The summed E-state index contributed by atoms with van der Waals surface area (Å²) in [5, 5.41) is 5.48. The molecule has 28 heavy (non-hydrogen) atoms. The number of benzene rings is 1. The Kier molecular flexibility index (Phi) is 5.06. The van der Waals surface area contributed by atoms with E-state index in [1.165, 1.54) is 22.6 Å². The average molecular weight is 397 g/mol. The van der Waals surface area contributed by atoms with Gasteiger partial charge < -0.3 is 10.2 Å².